The van der Waals surface area contributed by atoms with Crippen molar-refractivity contribution < 1.29 is 18.0 Å². The SMILES string of the molecule is O=C(Nc1ccc(F)cc1F)c1cnc(-c2cccc(F)c2)nc1. The van der Waals surface area contributed by atoms with Crippen LogP contribution in [0.25, 0.3) is 11.4 Å². The van der Waals surface area contributed by atoms with Crippen LogP contribution >= 0.6 is 0 Å². The zero-order chi connectivity index (χ0) is 17.1. The lowest BCUT2D eigenvalue weighted by Crippen LogP contribution is -2.14. The molecule has 3 aromatic rings. The van der Waals surface area contributed by atoms with E-state index in [0.29, 0.717) is 11.6 Å². The van der Waals surface area contributed by atoms with Crippen LogP contribution < -0.4 is 5.32 Å². The van der Waals surface area contributed by atoms with Crippen LogP contribution in [0.3, 0.4) is 0 Å². The highest BCUT2D eigenvalue weighted by molar-refractivity contribution is 6.04. The Labute approximate surface area is 135 Å². The average Bonchev–Trinajstić information content (AvgIpc) is 2.57. The molecule has 1 N–H and O–H groups in total. The van der Waals surface area contributed by atoms with Crippen molar-refractivity contribution in [3.63, 3.8) is 0 Å². The van der Waals surface area contributed by atoms with Gasteiger partial charge in [-0.3, -0.25) is 4.79 Å². The number of hydrogen-bond donors (Lipinski definition) is 1. The third-order valence-corrected chi connectivity index (χ3v) is 3.18. The molecule has 7 heteroatoms. The molecule has 0 fully saturated rings. The molecule has 2 aromatic carbocycles. The summed E-state index contributed by atoms with van der Waals surface area (Å²) in [5.74, 6) is -2.45. The summed E-state index contributed by atoms with van der Waals surface area (Å²) < 4.78 is 39.6. The number of hydrogen-bond acceptors (Lipinski definition) is 3. The Morgan fingerprint density at radius 1 is 0.917 bits per heavy atom. The van der Waals surface area contributed by atoms with E-state index in [-0.39, 0.29) is 17.1 Å². The molecule has 0 atom stereocenters. The van der Waals surface area contributed by atoms with Gasteiger partial charge in [-0.25, -0.2) is 23.1 Å². The number of carbonyl (C=O) groups excluding carboxylic acids is 1. The van der Waals surface area contributed by atoms with Crippen molar-refractivity contribution in [1.82, 2.24) is 9.97 Å². The molecule has 0 spiro atoms. The predicted molar refractivity (Wildman–Crippen MR) is 81.7 cm³/mol. The molecule has 4 nitrogen and oxygen atoms in total. The zero-order valence-electron chi connectivity index (χ0n) is 12.1. The molecule has 0 aliphatic heterocycles. The quantitative estimate of drug-likeness (QED) is 0.795. The summed E-state index contributed by atoms with van der Waals surface area (Å²) in [6, 6.07) is 8.52. The fourth-order valence-corrected chi connectivity index (χ4v) is 2.01. The fraction of sp³-hybridized carbons (Fsp3) is 0. The number of rotatable bonds is 3. The van der Waals surface area contributed by atoms with Crippen molar-refractivity contribution >= 4 is 11.6 Å². The Morgan fingerprint density at radius 3 is 2.29 bits per heavy atom. The molecule has 0 unspecified atom stereocenters. The van der Waals surface area contributed by atoms with Gasteiger partial charge in [0.1, 0.15) is 17.5 Å². The van der Waals surface area contributed by atoms with Gasteiger partial charge in [-0.1, -0.05) is 12.1 Å². The Hall–Kier alpha value is -3.22. The van der Waals surface area contributed by atoms with Crippen LogP contribution in [-0.4, -0.2) is 15.9 Å². The van der Waals surface area contributed by atoms with Gasteiger partial charge in [0, 0.05) is 24.0 Å². The molecule has 24 heavy (non-hydrogen) atoms. The normalized spacial score (nSPS) is 10.5. The summed E-state index contributed by atoms with van der Waals surface area (Å²) in [5.41, 5.74) is 0.390. The molecule has 0 radical (unpaired) electrons. The highest BCUT2D eigenvalue weighted by Gasteiger charge is 2.12. The van der Waals surface area contributed by atoms with Crippen LogP contribution in [0.5, 0.6) is 0 Å². The Kier molecular flexibility index (Phi) is 4.24. The molecule has 3 rings (SSSR count). The number of aromatic nitrogens is 2. The first kappa shape index (κ1) is 15.7. The average molecular weight is 329 g/mol. The maximum Gasteiger partial charge on any atom is 0.258 e. The third-order valence-electron chi connectivity index (χ3n) is 3.18. The van der Waals surface area contributed by atoms with Gasteiger partial charge in [0.25, 0.3) is 5.91 Å². The number of amides is 1. The van der Waals surface area contributed by atoms with Crippen LogP contribution in [0.4, 0.5) is 18.9 Å². The maximum absolute atomic E-state index is 13.5. The Morgan fingerprint density at radius 2 is 1.62 bits per heavy atom. The summed E-state index contributed by atoms with van der Waals surface area (Å²) in [6.45, 7) is 0. The van der Waals surface area contributed by atoms with E-state index >= 15 is 0 Å². The van der Waals surface area contributed by atoms with Gasteiger partial charge < -0.3 is 5.32 Å². The van der Waals surface area contributed by atoms with Crippen LogP contribution in [0, 0.1) is 17.5 Å². The van der Waals surface area contributed by atoms with E-state index in [0.717, 1.165) is 12.1 Å². The second-order valence-electron chi connectivity index (χ2n) is 4.88. The minimum Gasteiger partial charge on any atom is -0.319 e. The number of anilines is 1. The number of benzene rings is 2. The summed E-state index contributed by atoms with van der Waals surface area (Å²) in [7, 11) is 0. The van der Waals surface area contributed by atoms with E-state index in [1.807, 2.05) is 0 Å². The van der Waals surface area contributed by atoms with E-state index in [2.05, 4.69) is 15.3 Å². The summed E-state index contributed by atoms with van der Waals surface area (Å²) in [4.78, 5) is 20.0. The van der Waals surface area contributed by atoms with Gasteiger partial charge in [-0.05, 0) is 24.3 Å². The molecular formula is C17H10F3N3O. The Bertz CT molecular complexity index is 898. The van der Waals surface area contributed by atoms with E-state index in [1.165, 1.54) is 30.6 Å². The minimum absolute atomic E-state index is 0.0823. The number of nitrogens with one attached hydrogen (secondary N) is 1. The van der Waals surface area contributed by atoms with Gasteiger partial charge in [-0.2, -0.15) is 0 Å². The van der Waals surface area contributed by atoms with Crippen molar-refractivity contribution in [3.8, 4) is 11.4 Å². The molecule has 120 valence electrons. The van der Waals surface area contributed by atoms with E-state index in [4.69, 9.17) is 0 Å². The lowest BCUT2D eigenvalue weighted by atomic mass is 10.2. The van der Waals surface area contributed by atoms with Crippen molar-refractivity contribution in [2.45, 2.75) is 0 Å². The largest absolute Gasteiger partial charge is 0.319 e. The molecule has 1 amide bonds. The predicted octanol–water partition coefficient (Wildman–Crippen LogP) is 3.81. The zero-order valence-corrected chi connectivity index (χ0v) is 12.1. The van der Waals surface area contributed by atoms with Crippen molar-refractivity contribution in [1.29, 1.82) is 0 Å². The number of carbonyl (C=O) groups is 1. The second kappa shape index (κ2) is 6.49. The molecule has 0 aliphatic carbocycles. The van der Waals surface area contributed by atoms with Crippen LogP contribution in [0.15, 0.2) is 54.9 Å². The third kappa shape index (κ3) is 3.40. The number of halogens is 3. The summed E-state index contributed by atoms with van der Waals surface area (Å²) in [6.07, 6.45) is 2.48. The lowest BCUT2D eigenvalue weighted by Gasteiger charge is -2.06. The van der Waals surface area contributed by atoms with Crippen LogP contribution in [0.2, 0.25) is 0 Å². The first-order valence-corrected chi connectivity index (χ1v) is 6.87. The van der Waals surface area contributed by atoms with Crippen molar-refractivity contribution in [2.24, 2.45) is 0 Å². The van der Waals surface area contributed by atoms with Crippen LogP contribution in [-0.2, 0) is 0 Å². The van der Waals surface area contributed by atoms with Gasteiger partial charge in [0.05, 0.1) is 11.3 Å². The molecule has 0 saturated carbocycles. The van der Waals surface area contributed by atoms with Crippen molar-refractivity contribution in [2.75, 3.05) is 5.32 Å². The molecular weight excluding hydrogens is 319 g/mol. The maximum atomic E-state index is 13.5. The highest BCUT2D eigenvalue weighted by Crippen LogP contribution is 2.18. The van der Waals surface area contributed by atoms with Gasteiger partial charge in [-0.15, -0.1) is 0 Å². The first-order chi connectivity index (χ1) is 11.5. The molecule has 0 aliphatic rings. The van der Waals surface area contributed by atoms with E-state index < -0.39 is 23.4 Å². The second-order valence-corrected chi connectivity index (χ2v) is 4.88. The van der Waals surface area contributed by atoms with E-state index in [1.54, 1.807) is 6.07 Å². The van der Waals surface area contributed by atoms with E-state index in [9.17, 15) is 18.0 Å². The lowest BCUT2D eigenvalue weighted by molar-refractivity contribution is 0.102. The fourth-order valence-electron chi connectivity index (χ4n) is 2.01. The summed E-state index contributed by atoms with van der Waals surface area (Å²) in [5, 5.41) is 2.30. The van der Waals surface area contributed by atoms with Gasteiger partial charge >= 0.3 is 0 Å². The number of nitrogens with zero attached hydrogens (tertiary/aromatic N) is 2. The summed E-state index contributed by atoms with van der Waals surface area (Å²) >= 11 is 0. The Balaban J connectivity index is 1.79. The monoisotopic (exact) mass is 329 g/mol. The van der Waals surface area contributed by atoms with Gasteiger partial charge in [0.2, 0.25) is 0 Å². The first-order valence-electron chi connectivity index (χ1n) is 6.87. The van der Waals surface area contributed by atoms with Crippen LogP contribution in [0.1, 0.15) is 10.4 Å². The van der Waals surface area contributed by atoms with Crippen molar-refractivity contribution in [3.05, 3.63) is 77.9 Å². The smallest absolute Gasteiger partial charge is 0.258 e. The molecule has 0 saturated heterocycles. The molecule has 1 aromatic heterocycles. The standard InChI is InChI=1S/C17H10F3N3O/c18-12-3-1-2-10(6-12)16-21-8-11(9-22-16)17(24)23-15-5-4-13(19)7-14(15)20/h1-9H,(H,23,24). The molecule has 0 bridgehead atoms. The molecule has 1 heterocycles. The topological polar surface area (TPSA) is 54.9 Å². The highest BCUT2D eigenvalue weighted by atomic mass is 19.1. The minimum atomic E-state index is -0.888. The van der Waals surface area contributed by atoms with Gasteiger partial charge in [0.15, 0.2) is 5.82 Å².